The van der Waals surface area contributed by atoms with Crippen molar-refractivity contribution in [3.8, 4) is 0 Å². The Hall–Kier alpha value is -2.52. The molecule has 0 aliphatic carbocycles. The van der Waals surface area contributed by atoms with Crippen molar-refractivity contribution < 1.29 is 19.1 Å². The zero-order valence-electron chi connectivity index (χ0n) is 14.9. The van der Waals surface area contributed by atoms with Gasteiger partial charge in [-0.1, -0.05) is 29.0 Å². The third-order valence-electron chi connectivity index (χ3n) is 3.46. The smallest absolute Gasteiger partial charge is 0.306 e. The van der Waals surface area contributed by atoms with Crippen LogP contribution in [0.25, 0.3) is 0 Å². The number of aryl methyl sites for hydroxylation is 1. The van der Waals surface area contributed by atoms with E-state index in [1.807, 2.05) is 0 Å². The Bertz CT molecular complexity index is 840. The van der Waals surface area contributed by atoms with Crippen LogP contribution in [0.3, 0.4) is 0 Å². The average molecular weight is 411 g/mol. The number of rotatable bonds is 8. The van der Waals surface area contributed by atoms with Crippen LogP contribution in [0.2, 0.25) is 5.02 Å². The third-order valence-corrected chi connectivity index (χ3v) is 4.63. The number of hydrogen-bond donors (Lipinski definition) is 2. The van der Waals surface area contributed by atoms with Gasteiger partial charge >= 0.3 is 5.97 Å². The number of nitrogens with one attached hydrogen (secondary N) is 2. The van der Waals surface area contributed by atoms with Crippen molar-refractivity contribution in [3.05, 3.63) is 33.8 Å². The van der Waals surface area contributed by atoms with Crippen molar-refractivity contribution in [1.82, 2.24) is 10.2 Å². The first-order valence-electron chi connectivity index (χ1n) is 8.15. The van der Waals surface area contributed by atoms with Gasteiger partial charge in [-0.2, -0.15) is 0 Å². The number of aromatic nitrogens is 2. The molecule has 0 spiro atoms. The molecule has 0 bridgehead atoms. The summed E-state index contributed by atoms with van der Waals surface area (Å²) in [6.45, 7) is 3.16. The molecule has 0 fully saturated rings. The first-order chi connectivity index (χ1) is 12.8. The first-order valence-corrected chi connectivity index (χ1v) is 9.35. The van der Waals surface area contributed by atoms with Crippen LogP contribution >= 0.6 is 22.9 Å². The lowest BCUT2D eigenvalue weighted by atomic mass is 10.2. The summed E-state index contributed by atoms with van der Waals surface area (Å²) in [7, 11) is 0. The number of esters is 1. The SMILES string of the molecule is Cc1nnc(NC(=O)CCCC(=O)OCC(=O)Nc2cccc(Cl)c2C)s1. The summed E-state index contributed by atoms with van der Waals surface area (Å²) in [6, 6.07) is 5.14. The fourth-order valence-corrected chi connectivity index (χ4v) is 2.85. The number of amides is 2. The standard InChI is InChI=1S/C17H19ClN4O4S/c1-10-12(18)5-3-6-13(10)19-15(24)9-26-16(25)8-4-7-14(23)20-17-22-21-11(2)27-17/h3,5-6H,4,7-9H2,1-2H3,(H,19,24)(H,20,22,23). The zero-order valence-corrected chi connectivity index (χ0v) is 16.4. The van der Waals surface area contributed by atoms with E-state index in [1.165, 1.54) is 11.3 Å². The van der Waals surface area contributed by atoms with E-state index in [0.29, 0.717) is 22.3 Å². The Kier molecular flexibility index (Phi) is 7.68. The highest BCUT2D eigenvalue weighted by molar-refractivity contribution is 7.15. The molecule has 144 valence electrons. The number of nitrogens with zero attached hydrogens (tertiary/aromatic N) is 2. The monoisotopic (exact) mass is 410 g/mol. The minimum absolute atomic E-state index is 0.0338. The molecular weight excluding hydrogens is 392 g/mol. The van der Waals surface area contributed by atoms with Gasteiger partial charge in [-0.25, -0.2) is 0 Å². The zero-order chi connectivity index (χ0) is 19.8. The van der Waals surface area contributed by atoms with E-state index >= 15 is 0 Å². The first kappa shape index (κ1) is 20.8. The summed E-state index contributed by atoms with van der Waals surface area (Å²) in [6.07, 6.45) is 0.477. The van der Waals surface area contributed by atoms with Crippen molar-refractivity contribution in [2.75, 3.05) is 17.2 Å². The Morgan fingerprint density at radius 3 is 2.59 bits per heavy atom. The summed E-state index contributed by atoms with van der Waals surface area (Å²) in [5, 5.41) is 14.5. The summed E-state index contributed by atoms with van der Waals surface area (Å²) in [4.78, 5) is 35.3. The maximum Gasteiger partial charge on any atom is 0.306 e. The van der Waals surface area contributed by atoms with E-state index in [1.54, 1.807) is 32.0 Å². The molecule has 10 heteroatoms. The number of carbonyl (C=O) groups excluding carboxylic acids is 3. The van der Waals surface area contributed by atoms with Crippen molar-refractivity contribution in [1.29, 1.82) is 0 Å². The van der Waals surface area contributed by atoms with E-state index in [-0.39, 0.29) is 18.7 Å². The molecule has 2 N–H and O–H groups in total. The van der Waals surface area contributed by atoms with Crippen LogP contribution < -0.4 is 10.6 Å². The summed E-state index contributed by atoms with van der Waals surface area (Å²) in [5.74, 6) is -1.27. The van der Waals surface area contributed by atoms with E-state index in [0.717, 1.165) is 10.6 Å². The quantitative estimate of drug-likeness (QED) is 0.647. The Morgan fingerprint density at radius 1 is 1.11 bits per heavy atom. The molecule has 0 saturated carbocycles. The maximum absolute atomic E-state index is 11.9. The Labute approximate surface area is 165 Å². The molecule has 0 aliphatic heterocycles. The van der Waals surface area contributed by atoms with Crippen molar-refractivity contribution in [3.63, 3.8) is 0 Å². The van der Waals surface area contributed by atoms with Crippen molar-refractivity contribution in [2.45, 2.75) is 33.1 Å². The van der Waals surface area contributed by atoms with Crippen molar-refractivity contribution >= 4 is 51.5 Å². The van der Waals surface area contributed by atoms with Crippen LogP contribution in [0.15, 0.2) is 18.2 Å². The normalized spacial score (nSPS) is 10.3. The average Bonchev–Trinajstić information content (AvgIpc) is 3.02. The molecule has 2 aromatic rings. The number of carbonyl (C=O) groups is 3. The van der Waals surface area contributed by atoms with Gasteiger partial charge in [0.1, 0.15) is 5.01 Å². The third kappa shape index (κ3) is 6.95. The second-order valence-corrected chi connectivity index (χ2v) is 7.24. The molecule has 8 nitrogen and oxygen atoms in total. The van der Waals surface area contributed by atoms with E-state index in [4.69, 9.17) is 16.3 Å². The highest BCUT2D eigenvalue weighted by Gasteiger charge is 2.12. The fraction of sp³-hybridized carbons (Fsp3) is 0.353. The summed E-state index contributed by atoms with van der Waals surface area (Å²) < 4.78 is 4.91. The molecule has 1 aromatic carbocycles. The van der Waals surface area contributed by atoms with Crippen LogP contribution in [-0.4, -0.2) is 34.6 Å². The van der Waals surface area contributed by atoms with Gasteiger partial charge in [-0.3, -0.25) is 14.4 Å². The van der Waals surface area contributed by atoms with Gasteiger partial charge in [-0.05, 0) is 38.0 Å². The van der Waals surface area contributed by atoms with Crippen LogP contribution in [0, 0.1) is 13.8 Å². The maximum atomic E-state index is 11.9. The minimum Gasteiger partial charge on any atom is -0.456 e. The second-order valence-electron chi connectivity index (χ2n) is 5.65. The minimum atomic E-state index is -0.549. The van der Waals surface area contributed by atoms with Gasteiger partial charge in [0.25, 0.3) is 5.91 Å². The van der Waals surface area contributed by atoms with Gasteiger partial charge in [0, 0.05) is 23.6 Å². The van der Waals surface area contributed by atoms with Gasteiger partial charge in [0.05, 0.1) is 0 Å². The van der Waals surface area contributed by atoms with Gasteiger partial charge in [-0.15, -0.1) is 10.2 Å². The predicted octanol–water partition coefficient (Wildman–Crippen LogP) is 3.10. The lowest BCUT2D eigenvalue weighted by Crippen LogP contribution is -2.21. The molecule has 0 atom stereocenters. The van der Waals surface area contributed by atoms with E-state index < -0.39 is 18.5 Å². The molecule has 0 saturated heterocycles. The molecule has 1 heterocycles. The lowest BCUT2D eigenvalue weighted by Gasteiger charge is -2.10. The number of ether oxygens (including phenoxy) is 1. The summed E-state index contributed by atoms with van der Waals surface area (Å²) >= 11 is 7.25. The van der Waals surface area contributed by atoms with Gasteiger partial charge < -0.3 is 15.4 Å². The molecule has 2 rings (SSSR count). The number of halogens is 1. The Morgan fingerprint density at radius 2 is 1.89 bits per heavy atom. The largest absolute Gasteiger partial charge is 0.456 e. The second kappa shape index (κ2) is 9.98. The molecule has 1 aromatic heterocycles. The summed E-state index contributed by atoms with van der Waals surface area (Å²) in [5.41, 5.74) is 1.29. The predicted molar refractivity (Wildman–Crippen MR) is 103 cm³/mol. The van der Waals surface area contributed by atoms with Crippen LogP contribution in [0.4, 0.5) is 10.8 Å². The molecule has 0 unspecified atom stereocenters. The lowest BCUT2D eigenvalue weighted by molar-refractivity contribution is -0.147. The molecule has 2 amide bonds. The molecule has 0 aliphatic rings. The van der Waals surface area contributed by atoms with Crippen LogP contribution in [-0.2, 0) is 19.1 Å². The molecule has 0 radical (unpaired) electrons. The highest BCUT2D eigenvalue weighted by Crippen LogP contribution is 2.22. The Balaban J connectivity index is 1.64. The van der Waals surface area contributed by atoms with Crippen LogP contribution in [0.1, 0.15) is 29.8 Å². The molecular formula is C17H19ClN4O4S. The molecule has 27 heavy (non-hydrogen) atoms. The number of anilines is 2. The topological polar surface area (TPSA) is 110 Å². The van der Waals surface area contributed by atoms with Gasteiger partial charge in [0.15, 0.2) is 6.61 Å². The van der Waals surface area contributed by atoms with Crippen LogP contribution in [0.5, 0.6) is 0 Å². The van der Waals surface area contributed by atoms with E-state index in [2.05, 4.69) is 20.8 Å². The highest BCUT2D eigenvalue weighted by atomic mass is 35.5. The number of hydrogen-bond acceptors (Lipinski definition) is 7. The van der Waals surface area contributed by atoms with E-state index in [9.17, 15) is 14.4 Å². The van der Waals surface area contributed by atoms with Gasteiger partial charge in [0.2, 0.25) is 11.0 Å². The van der Waals surface area contributed by atoms with Crippen molar-refractivity contribution in [2.24, 2.45) is 0 Å². The fourth-order valence-electron chi connectivity index (χ4n) is 2.07. The number of benzene rings is 1.